The third-order valence-corrected chi connectivity index (χ3v) is 4.15. The molecule has 140 valence electrons. The molecule has 0 aliphatic heterocycles. The number of nitriles is 1. The largest absolute Gasteiger partial charge is 0.497 e. The fourth-order valence-corrected chi connectivity index (χ4v) is 2.72. The first-order valence-corrected chi connectivity index (χ1v) is 8.25. The van der Waals surface area contributed by atoms with Crippen LogP contribution in [0.3, 0.4) is 0 Å². The van der Waals surface area contributed by atoms with Crippen LogP contribution in [0.5, 0.6) is 11.5 Å². The van der Waals surface area contributed by atoms with Crippen molar-refractivity contribution in [1.82, 2.24) is 5.43 Å². The van der Waals surface area contributed by atoms with E-state index in [0.717, 1.165) is 16.8 Å². The number of benzene rings is 3. The van der Waals surface area contributed by atoms with E-state index >= 15 is 0 Å². The molecule has 6 nitrogen and oxygen atoms in total. The minimum atomic E-state index is -0.792. The summed E-state index contributed by atoms with van der Waals surface area (Å²) in [7, 11) is 3.10. The molecule has 3 aromatic rings. The van der Waals surface area contributed by atoms with Crippen molar-refractivity contribution in [3.8, 4) is 17.6 Å². The lowest BCUT2D eigenvalue weighted by atomic mass is 10.0. The molecule has 7 heteroatoms. The Labute approximate surface area is 160 Å². The zero-order chi connectivity index (χ0) is 20.1. The molecule has 0 fully saturated rings. The molecule has 0 radical (unpaired) electrons. The number of ether oxygens (including phenoxy) is 2. The van der Waals surface area contributed by atoms with E-state index in [0.29, 0.717) is 17.1 Å². The monoisotopic (exact) mass is 377 g/mol. The van der Waals surface area contributed by atoms with Gasteiger partial charge < -0.3 is 9.47 Å². The highest BCUT2D eigenvalue weighted by molar-refractivity contribution is 6.03. The molecule has 0 heterocycles. The van der Waals surface area contributed by atoms with Crippen LogP contribution in [-0.2, 0) is 0 Å². The van der Waals surface area contributed by atoms with Gasteiger partial charge in [-0.15, -0.1) is 0 Å². The number of nitrogens with one attached hydrogen (secondary N) is 1. The Morgan fingerprint density at radius 1 is 1.14 bits per heavy atom. The topological polar surface area (TPSA) is 83.7 Å². The van der Waals surface area contributed by atoms with Gasteiger partial charge >= 0.3 is 0 Å². The third kappa shape index (κ3) is 3.76. The second-order valence-corrected chi connectivity index (χ2v) is 5.77. The predicted molar refractivity (Wildman–Crippen MR) is 103 cm³/mol. The van der Waals surface area contributed by atoms with E-state index in [-0.39, 0.29) is 11.1 Å². The van der Waals surface area contributed by atoms with E-state index in [1.165, 1.54) is 25.5 Å². The average molecular weight is 377 g/mol. The van der Waals surface area contributed by atoms with Gasteiger partial charge in [-0.25, -0.2) is 9.82 Å². The van der Waals surface area contributed by atoms with Gasteiger partial charge in [0.05, 0.1) is 37.6 Å². The van der Waals surface area contributed by atoms with E-state index in [9.17, 15) is 9.18 Å². The molecular formula is C21H16FN3O3. The van der Waals surface area contributed by atoms with E-state index < -0.39 is 11.7 Å². The summed E-state index contributed by atoms with van der Waals surface area (Å²) in [6, 6.07) is 14.7. The second kappa shape index (κ2) is 8.18. The Kier molecular flexibility index (Phi) is 5.51. The van der Waals surface area contributed by atoms with Crippen molar-refractivity contribution in [3.05, 3.63) is 71.0 Å². The lowest BCUT2D eigenvalue weighted by molar-refractivity contribution is 0.0951. The molecule has 0 aliphatic rings. The fraction of sp³-hybridized carbons (Fsp3) is 0.0952. The maximum absolute atomic E-state index is 14.0. The van der Waals surface area contributed by atoms with Gasteiger partial charge in [-0.05, 0) is 47.2 Å². The second-order valence-electron chi connectivity index (χ2n) is 5.77. The number of carbonyl (C=O) groups is 1. The number of nitrogens with zero attached hydrogens (tertiary/aromatic N) is 2. The van der Waals surface area contributed by atoms with Crippen molar-refractivity contribution in [2.75, 3.05) is 14.2 Å². The van der Waals surface area contributed by atoms with Crippen LogP contribution >= 0.6 is 0 Å². The zero-order valence-electron chi connectivity index (χ0n) is 15.2. The van der Waals surface area contributed by atoms with Crippen molar-refractivity contribution in [2.45, 2.75) is 0 Å². The Morgan fingerprint density at radius 2 is 1.93 bits per heavy atom. The highest BCUT2D eigenvalue weighted by Gasteiger charge is 2.12. The van der Waals surface area contributed by atoms with Gasteiger partial charge in [0, 0.05) is 5.56 Å². The third-order valence-electron chi connectivity index (χ3n) is 4.15. The van der Waals surface area contributed by atoms with Gasteiger partial charge in [0.1, 0.15) is 17.3 Å². The fourth-order valence-electron chi connectivity index (χ4n) is 2.72. The van der Waals surface area contributed by atoms with Gasteiger partial charge in [0.25, 0.3) is 5.91 Å². The van der Waals surface area contributed by atoms with Crippen LogP contribution in [-0.4, -0.2) is 26.3 Å². The number of fused-ring (bicyclic) bond motifs is 1. The summed E-state index contributed by atoms with van der Waals surface area (Å²) in [5.74, 6) is -0.295. The molecule has 3 rings (SSSR count). The van der Waals surface area contributed by atoms with E-state index in [2.05, 4.69) is 10.5 Å². The minimum absolute atomic E-state index is 0.131. The molecule has 3 aromatic carbocycles. The Bertz CT molecular complexity index is 1110. The Hall–Kier alpha value is -3.92. The molecule has 1 amide bonds. The standard InChI is InChI=1S/C21H16FN3O3/c1-27-15-6-4-14-5-8-20(28-2)18(17(14)10-15)12-24-25-21(26)16-7-3-13(11-23)9-19(16)22/h3-10,12H,1-2H3,(H,25,26)/b24-12-. The highest BCUT2D eigenvalue weighted by Crippen LogP contribution is 2.29. The molecule has 0 atom stereocenters. The van der Waals surface area contributed by atoms with Crippen molar-refractivity contribution in [2.24, 2.45) is 5.10 Å². The Balaban J connectivity index is 1.90. The van der Waals surface area contributed by atoms with Crippen molar-refractivity contribution < 1.29 is 18.7 Å². The molecular weight excluding hydrogens is 361 g/mol. The van der Waals surface area contributed by atoms with Crippen LogP contribution in [0.25, 0.3) is 10.8 Å². The number of rotatable bonds is 5. The summed E-state index contributed by atoms with van der Waals surface area (Å²) in [5, 5.41) is 14.5. The number of methoxy groups -OCH3 is 2. The summed E-state index contributed by atoms with van der Waals surface area (Å²) in [6.07, 6.45) is 1.43. The first-order chi connectivity index (χ1) is 13.6. The number of hydrogen-bond acceptors (Lipinski definition) is 5. The molecule has 0 aliphatic carbocycles. The summed E-state index contributed by atoms with van der Waals surface area (Å²) >= 11 is 0. The molecule has 0 unspecified atom stereocenters. The number of hydrazone groups is 1. The smallest absolute Gasteiger partial charge is 0.274 e. The van der Waals surface area contributed by atoms with Gasteiger partial charge in [0.2, 0.25) is 0 Å². The molecule has 0 saturated carbocycles. The number of carbonyl (C=O) groups excluding carboxylic acids is 1. The molecule has 0 aromatic heterocycles. The maximum atomic E-state index is 14.0. The van der Waals surface area contributed by atoms with Crippen LogP contribution in [0.15, 0.2) is 53.6 Å². The quantitative estimate of drug-likeness (QED) is 0.544. The maximum Gasteiger partial charge on any atom is 0.274 e. The van der Waals surface area contributed by atoms with Crippen LogP contribution < -0.4 is 14.9 Å². The summed E-state index contributed by atoms with van der Waals surface area (Å²) in [5.41, 5.74) is 2.86. The van der Waals surface area contributed by atoms with Crippen LogP contribution in [0.4, 0.5) is 4.39 Å². The SMILES string of the molecule is COc1ccc2ccc(OC)c(/C=N\NC(=O)c3ccc(C#N)cc3F)c2c1. The first-order valence-electron chi connectivity index (χ1n) is 8.25. The summed E-state index contributed by atoms with van der Waals surface area (Å²) in [4.78, 5) is 12.2. The van der Waals surface area contributed by atoms with Crippen molar-refractivity contribution >= 4 is 22.9 Å². The molecule has 1 N–H and O–H groups in total. The van der Waals surface area contributed by atoms with E-state index in [1.54, 1.807) is 13.2 Å². The van der Waals surface area contributed by atoms with Gasteiger partial charge in [-0.2, -0.15) is 10.4 Å². The van der Waals surface area contributed by atoms with Crippen LogP contribution in [0.2, 0.25) is 0 Å². The summed E-state index contributed by atoms with van der Waals surface area (Å²) in [6.45, 7) is 0. The number of hydrogen-bond donors (Lipinski definition) is 1. The van der Waals surface area contributed by atoms with E-state index in [1.807, 2.05) is 30.3 Å². The highest BCUT2D eigenvalue weighted by atomic mass is 19.1. The van der Waals surface area contributed by atoms with Crippen LogP contribution in [0, 0.1) is 17.1 Å². The lowest BCUT2D eigenvalue weighted by Crippen LogP contribution is -2.19. The van der Waals surface area contributed by atoms with E-state index in [4.69, 9.17) is 14.7 Å². The van der Waals surface area contributed by atoms with Crippen molar-refractivity contribution in [1.29, 1.82) is 5.26 Å². The molecule has 0 spiro atoms. The molecule has 0 bridgehead atoms. The average Bonchev–Trinajstić information content (AvgIpc) is 2.73. The van der Waals surface area contributed by atoms with Crippen molar-refractivity contribution in [3.63, 3.8) is 0 Å². The van der Waals surface area contributed by atoms with Gasteiger partial charge in [-0.3, -0.25) is 4.79 Å². The normalized spacial score (nSPS) is 10.6. The number of halogens is 1. The van der Waals surface area contributed by atoms with Crippen LogP contribution in [0.1, 0.15) is 21.5 Å². The van der Waals surface area contributed by atoms with Gasteiger partial charge in [0.15, 0.2) is 0 Å². The summed E-state index contributed by atoms with van der Waals surface area (Å²) < 4.78 is 24.6. The van der Waals surface area contributed by atoms with Gasteiger partial charge in [-0.1, -0.05) is 12.1 Å². The number of amides is 1. The minimum Gasteiger partial charge on any atom is -0.497 e. The molecule has 0 saturated heterocycles. The Morgan fingerprint density at radius 3 is 2.61 bits per heavy atom. The lowest BCUT2D eigenvalue weighted by Gasteiger charge is -2.10. The zero-order valence-corrected chi connectivity index (χ0v) is 15.2. The predicted octanol–water partition coefficient (Wildman–Crippen LogP) is 3.63. The first kappa shape index (κ1) is 18.9. The molecule has 28 heavy (non-hydrogen) atoms.